The van der Waals surface area contributed by atoms with Gasteiger partial charge in [-0.15, -0.1) is 0 Å². The van der Waals surface area contributed by atoms with E-state index in [1.54, 1.807) is 12.1 Å². The monoisotopic (exact) mass is 418 g/mol. The minimum Gasteiger partial charge on any atom is -0.465 e. The molecule has 0 spiro atoms. The molecule has 4 rings (SSSR count). The van der Waals surface area contributed by atoms with Gasteiger partial charge in [0.1, 0.15) is 0 Å². The predicted molar refractivity (Wildman–Crippen MR) is 132 cm³/mol. The fraction of sp³-hybridized carbons (Fsp3) is 0.167. The van der Waals surface area contributed by atoms with E-state index in [0.717, 1.165) is 28.7 Å². The lowest BCUT2D eigenvalue weighted by Gasteiger charge is -2.31. The molecule has 0 aromatic heterocycles. The summed E-state index contributed by atoms with van der Waals surface area (Å²) in [4.78, 5) is 11.6. The molecule has 0 amide bonds. The van der Waals surface area contributed by atoms with Crippen LogP contribution in [0.5, 0.6) is 0 Å². The maximum Gasteiger partial charge on any atom is 0.337 e. The number of ether oxygens (including phenoxy) is 1. The van der Waals surface area contributed by atoms with Crippen molar-refractivity contribution in [3.05, 3.63) is 112 Å². The van der Waals surface area contributed by atoms with E-state index in [0.29, 0.717) is 5.56 Å². The first-order valence-electron chi connectivity index (χ1n) is 10.7. The Morgan fingerprint density at radius 3 is 2.31 bits per heavy atom. The number of rotatable bonds is 3. The van der Waals surface area contributed by atoms with Gasteiger partial charge in [-0.3, -0.25) is 0 Å². The van der Waals surface area contributed by atoms with Crippen molar-refractivity contribution in [2.75, 3.05) is 7.11 Å². The molecule has 2 nitrogen and oxygen atoms in total. The highest BCUT2D eigenvalue weighted by atomic mass is 16.5. The van der Waals surface area contributed by atoms with Crippen molar-refractivity contribution in [1.82, 2.24) is 0 Å². The van der Waals surface area contributed by atoms with Gasteiger partial charge in [0.2, 0.25) is 0 Å². The summed E-state index contributed by atoms with van der Waals surface area (Å²) in [6.45, 7) is 4.56. The van der Waals surface area contributed by atoms with E-state index in [1.807, 2.05) is 42.5 Å². The van der Waals surface area contributed by atoms with Gasteiger partial charge in [-0.05, 0) is 64.4 Å². The Hall–Kier alpha value is -3.83. The van der Waals surface area contributed by atoms with Crippen molar-refractivity contribution < 1.29 is 9.53 Å². The number of hydrogen-bond donors (Lipinski definition) is 0. The van der Waals surface area contributed by atoms with Crippen LogP contribution in [-0.4, -0.2) is 13.1 Å². The molecule has 1 aliphatic carbocycles. The average molecular weight is 419 g/mol. The molecule has 0 saturated heterocycles. The van der Waals surface area contributed by atoms with Crippen LogP contribution in [0.4, 0.5) is 0 Å². The summed E-state index contributed by atoms with van der Waals surface area (Å²) in [6.07, 6.45) is 7.38. The first-order valence-corrected chi connectivity index (χ1v) is 10.7. The molecule has 0 fully saturated rings. The van der Waals surface area contributed by atoms with Crippen LogP contribution < -0.4 is 0 Å². The van der Waals surface area contributed by atoms with E-state index >= 15 is 0 Å². The van der Waals surface area contributed by atoms with Crippen LogP contribution in [0, 0.1) is 11.8 Å². The minimum atomic E-state index is -0.325. The van der Waals surface area contributed by atoms with Gasteiger partial charge in [-0.25, -0.2) is 4.79 Å². The Balaban J connectivity index is 1.63. The fourth-order valence-corrected chi connectivity index (χ4v) is 3.88. The van der Waals surface area contributed by atoms with Crippen molar-refractivity contribution in [2.45, 2.75) is 25.7 Å². The summed E-state index contributed by atoms with van der Waals surface area (Å²) in [5, 5.41) is 0. The second-order valence-corrected chi connectivity index (χ2v) is 8.57. The first-order chi connectivity index (χ1) is 15.5. The summed E-state index contributed by atoms with van der Waals surface area (Å²) >= 11 is 0. The SMILES string of the molecule is COC(=O)c1ccc(C=Cc2ccc3c(c2)C(C#Cc2ccccc2)=CCC3(C)C)cc1. The summed E-state index contributed by atoms with van der Waals surface area (Å²) in [5.41, 5.74) is 7.41. The highest BCUT2D eigenvalue weighted by molar-refractivity contribution is 5.90. The molecule has 2 heteroatoms. The fourth-order valence-electron chi connectivity index (χ4n) is 3.88. The molecule has 1 aliphatic rings. The number of esters is 1. The third-order valence-electron chi connectivity index (χ3n) is 5.79. The predicted octanol–water partition coefficient (Wildman–Crippen LogP) is 6.76. The van der Waals surface area contributed by atoms with E-state index in [1.165, 1.54) is 18.2 Å². The smallest absolute Gasteiger partial charge is 0.337 e. The normalized spacial score (nSPS) is 14.2. The van der Waals surface area contributed by atoms with Crippen LogP contribution in [-0.2, 0) is 10.2 Å². The van der Waals surface area contributed by atoms with Crippen LogP contribution in [0.15, 0.2) is 78.9 Å². The lowest BCUT2D eigenvalue weighted by Crippen LogP contribution is -2.21. The molecule has 0 atom stereocenters. The molecule has 0 unspecified atom stereocenters. The number of methoxy groups -OCH3 is 1. The molecule has 32 heavy (non-hydrogen) atoms. The molecule has 0 radical (unpaired) electrons. The van der Waals surface area contributed by atoms with E-state index in [9.17, 15) is 4.79 Å². The molecule has 3 aromatic rings. The largest absolute Gasteiger partial charge is 0.465 e. The van der Waals surface area contributed by atoms with Gasteiger partial charge in [-0.2, -0.15) is 0 Å². The van der Waals surface area contributed by atoms with Crippen molar-refractivity contribution in [3.63, 3.8) is 0 Å². The van der Waals surface area contributed by atoms with E-state index < -0.39 is 0 Å². The minimum absolute atomic E-state index is 0.0826. The first kappa shape index (κ1) is 21.4. The zero-order valence-electron chi connectivity index (χ0n) is 18.7. The van der Waals surface area contributed by atoms with Crippen LogP contribution in [0.25, 0.3) is 17.7 Å². The van der Waals surface area contributed by atoms with Gasteiger partial charge in [0, 0.05) is 11.1 Å². The topological polar surface area (TPSA) is 26.3 Å². The molecule has 158 valence electrons. The quantitative estimate of drug-likeness (QED) is 0.267. The summed E-state index contributed by atoms with van der Waals surface area (Å²) in [6, 6.07) is 24.1. The molecule has 0 aliphatic heterocycles. The Bertz CT molecular complexity index is 1250. The van der Waals surface area contributed by atoms with Crippen molar-refractivity contribution >= 4 is 23.7 Å². The third kappa shape index (κ3) is 4.74. The zero-order chi connectivity index (χ0) is 22.6. The summed E-state index contributed by atoms with van der Waals surface area (Å²) in [7, 11) is 1.39. The van der Waals surface area contributed by atoms with Crippen molar-refractivity contribution in [3.8, 4) is 11.8 Å². The second-order valence-electron chi connectivity index (χ2n) is 8.57. The van der Waals surface area contributed by atoms with Crippen LogP contribution in [0.1, 0.15) is 58.4 Å². The molecule has 0 heterocycles. The number of carbonyl (C=O) groups is 1. The van der Waals surface area contributed by atoms with Crippen LogP contribution >= 0.6 is 0 Å². The van der Waals surface area contributed by atoms with Crippen molar-refractivity contribution in [2.24, 2.45) is 0 Å². The summed E-state index contributed by atoms with van der Waals surface area (Å²) in [5.74, 6) is 6.38. The maximum absolute atomic E-state index is 11.6. The number of benzene rings is 3. The average Bonchev–Trinajstić information content (AvgIpc) is 2.82. The van der Waals surface area contributed by atoms with Gasteiger partial charge in [-0.1, -0.05) is 86.4 Å². The number of carbonyl (C=O) groups excluding carboxylic acids is 1. The Morgan fingerprint density at radius 1 is 0.906 bits per heavy atom. The molecule has 0 N–H and O–H groups in total. The van der Waals surface area contributed by atoms with E-state index in [2.05, 4.69) is 62.1 Å². The van der Waals surface area contributed by atoms with Crippen molar-refractivity contribution in [1.29, 1.82) is 0 Å². The summed E-state index contributed by atoms with van der Waals surface area (Å²) < 4.78 is 4.76. The lowest BCUT2D eigenvalue weighted by atomic mass is 9.73. The van der Waals surface area contributed by atoms with Gasteiger partial charge in [0.05, 0.1) is 12.7 Å². The second kappa shape index (κ2) is 9.12. The highest BCUT2D eigenvalue weighted by Crippen LogP contribution is 2.39. The Labute approximate surface area is 190 Å². The van der Waals surface area contributed by atoms with Gasteiger partial charge in [0.25, 0.3) is 0 Å². The lowest BCUT2D eigenvalue weighted by molar-refractivity contribution is 0.0600. The number of fused-ring (bicyclic) bond motifs is 1. The van der Waals surface area contributed by atoms with Gasteiger partial charge >= 0.3 is 5.97 Å². The molecule has 3 aromatic carbocycles. The maximum atomic E-state index is 11.6. The van der Waals surface area contributed by atoms with Gasteiger partial charge in [0.15, 0.2) is 0 Å². The highest BCUT2D eigenvalue weighted by Gasteiger charge is 2.27. The number of hydrogen-bond acceptors (Lipinski definition) is 2. The molecule has 0 saturated carbocycles. The Morgan fingerprint density at radius 2 is 1.59 bits per heavy atom. The standard InChI is InChI=1S/C30H26O2/c1-30(2)20-19-25(15-11-22-7-5-4-6-8-22)27-21-24(14-18-28(27)30)10-9-23-12-16-26(17-13-23)29(31)32-3/h4-10,12-14,16-19,21H,20H2,1-3H3. The molecular weight excluding hydrogens is 392 g/mol. The zero-order valence-corrected chi connectivity index (χ0v) is 18.7. The van der Waals surface area contributed by atoms with E-state index in [4.69, 9.17) is 4.74 Å². The van der Waals surface area contributed by atoms with Crippen LogP contribution in [0.3, 0.4) is 0 Å². The molecular formula is C30H26O2. The Kier molecular flexibility index (Phi) is 6.10. The number of allylic oxidation sites excluding steroid dienone is 2. The van der Waals surface area contributed by atoms with Crippen LogP contribution in [0.2, 0.25) is 0 Å². The molecule has 0 bridgehead atoms. The third-order valence-corrected chi connectivity index (χ3v) is 5.79. The van der Waals surface area contributed by atoms with Gasteiger partial charge < -0.3 is 4.74 Å². The van der Waals surface area contributed by atoms with E-state index in [-0.39, 0.29) is 11.4 Å².